The van der Waals surface area contributed by atoms with Gasteiger partial charge < -0.3 is 0 Å². The zero-order valence-electron chi connectivity index (χ0n) is 5.85. The molecule has 0 heterocycles. The van der Waals surface area contributed by atoms with Crippen molar-refractivity contribution in [2.24, 2.45) is 17.8 Å². The molecule has 56 valence electrons. The molecule has 2 saturated carbocycles. The van der Waals surface area contributed by atoms with Crippen LogP contribution in [-0.2, 0) is 4.79 Å². The van der Waals surface area contributed by atoms with Crippen LogP contribution >= 0.6 is 11.6 Å². The molecule has 2 aliphatic rings. The molecular formula is C8H11ClO. The van der Waals surface area contributed by atoms with Crippen LogP contribution in [0.15, 0.2) is 0 Å². The number of rotatable bonds is 1. The Morgan fingerprint density at radius 2 is 2.10 bits per heavy atom. The maximum Gasteiger partial charge on any atom is 0.225 e. The van der Waals surface area contributed by atoms with Crippen LogP contribution in [0.4, 0.5) is 0 Å². The van der Waals surface area contributed by atoms with Crippen molar-refractivity contribution >= 4 is 16.8 Å². The fourth-order valence-electron chi connectivity index (χ4n) is 2.52. The summed E-state index contributed by atoms with van der Waals surface area (Å²) in [5.74, 6) is 1.70. The van der Waals surface area contributed by atoms with Crippen molar-refractivity contribution in [1.82, 2.24) is 0 Å². The Kier molecular flexibility index (Phi) is 1.48. The minimum absolute atomic E-state index is 0.0906. The fourth-order valence-corrected chi connectivity index (χ4v) is 2.79. The lowest BCUT2D eigenvalue weighted by atomic mass is 9.90. The molecule has 0 aromatic carbocycles. The largest absolute Gasteiger partial charge is 0.281 e. The van der Waals surface area contributed by atoms with Crippen molar-refractivity contribution in [2.75, 3.05) is 0 Å². The smallest absolute Gasteiger partial charge is 0.225 e. The van der Waals surface area contributed by atoms with Gasteiger partial charge >= 0.3 is 0 Å². The van der Waals surface area contributed by atoms with Gasteiger partial charge in [-0.2, -0.15) is 0 Å². The summed E-state index contributed by atoms with van der Waals surface area (Å²) in [5, 5.41) is -0.0906. The fraction of sp³-hybridized carbons (Fsp3) is 0.875. The molecule has 0 radical (unpaired) electrons. The van der Waals surface area contributed by atoms with Crippen molar-refractivity contribution in [3.05, 3.63) is 0 Å². The molecule has 0 aromatic rings. The van der Waals surface area contributed by atoms with Gasteiger partial charge in [-0.05, 0) is 42.7 Å². The van der Waals surface area contributed by atoms with Crippen LogP contribution in [0.5, 0.6) is 0 Å². The van der Waals surface area contributed by atoms with Gasteiger partial charge in [0, 0.05) is 5.92 Å². The van der Waals surface area contributed by atoms with Crippen LogP contribution in [0.3, 0.4) is 0 Å². The lowest BCUT2D eigenvalue weighted by Crippen LogP contribution is -2.16. The van der Waals surface area contributed by atoms with Crippen molar-refractivity contribution in [3.8, 4) is 0 Å². The molecule has 2 fully saturated rings. The van der Waals surface area contributed by atoms with E-state index >= 15 is 0 Å². The quantitative estimate of drug-likeness (QED) is 0.535. The summed E-state index contributed by atoms with van der Waals surface area (Å²) in [6, 6.07) is 0. The zero-order valence-corrected chi connectivity index (χ0v) is 6.60. The third-order valence-electron chi connectivity index (χ3n) is 3.03. The normalized spacial score (nSPS) is 44.3. The molecule has 0 aromatic heterocycles. The van der Waals surface area contributed by atoms with Crippen molar-refractivity contribution in [1.29, 1.82) is 0 Å². The van der Waals surface area contributed by atoms with Crippen LogP contribution in [0, 0.1) is 17.8 Å². The molecule has 1 nitrogen and oxygen atoms in total. The summed E-state index contributed by atoms with van der Waals surface area (Å²) in [5.41, 5.74) is 0. The molecule has 2 unspecified atom stereocenters. The molecule has 2 rings (SSSR count). The maximum atomic E-state index is 10.8. The molecule has 2 bridgehead atoms. The van der Waals surface area contributed by atoms with Crippen LogP contribution in [0.2, 0.25) is 0 Å². The molecule has 2 heteroatoms. The van der Waals surface area contributed by atoms with Crippen LogP contribution < -0.4 is 0 Å². The van der Waals surface area contributed by atoms with E-state index < -0.39 is 0 Å². The second kappa shape index (κ2) is 2.23. The summed E-state index contributed by atoms with van der Waals surface area (Å²) >= 11 is 5.44. The first-order valence-corrected chi connectivity index (χ1v) is 4.34. The summed E-state index contributed by atoms with van der Waals surface area (Å²) < 4.78 is 0. The highest BCUT2D eigenvalue weighted by molar-refractivity contribution is 6.64. The van der Waals surface area contributed by atoms with Crippen LogP contribution in [0.1, 0.15) is 25.7 Å². The Hall–Kier alpha value is -0.0400. The Morgan fingerprint density at radius 3 is 2.40 bits per heavy atom. The van der Waals surface area contributed by atoms with Gasteiger partial charge in [0.05, 0.1) is 0 Å². The second-order valence-corrected chi connectivity index (χ2v) is 3.96. The first-order chi connectivity index (χ1) is 4.77. The summed E-state index contributed by atoms with van der Waals surface area (Å²) in [6.07, 6.45) is 4.93. The minimum Gasteiger partial charge on any atom is -0.281 e. The van der Waals surface area contributed by atoms with E-state index in [2.05, 4.69) is 0 Å². The predicted molar refractivity (Wildman–Crippen MR) is 39.8 cm³/mol. The topological polar surface area (TPSA) is 17.1 Å². The number of hydrogen-bond donors (Lipinski definition) is 0. The van der Waals surface area contributed by atoms with Crippen molar-refractivity contribution in [2.45, 2.75) is 25.7 Å². The Bertz CT molecular complexity index is 167. The number of fused-ring (bicyclic) bond motifs is 2. The van der Waals surface area contributed by atoms with Crippen molar-refractivity contribution in [3.63, 3.8) is 0 Å². The predicted octanol–water partition coefficient (Wildman–Crippen LogP) is 2.19. The maximum absolute atomic E-state index is 10.8. The summed E-state index contributed by atoms with van der Waals surface area (Å²) in [7, 11) is 0. The molecule has 0 spiro atoms. The standard InChI is InChI=1S/C8H11ClO/c9-8(10)7-4-5-1-2-6(7)3-5/h5-7H,1-4H2/t5-,6?,7?/m1/s1. The van der Waals surface area contributed by atoms with Crippen LogP contribution in [-0.4, -0.2) is 5.24 Å². The van der Waals surface area contributed by atoms with E-state index in [4.69, 9.17) is 11.6 Å². The van der Waals surface area contributed by atoms with Crippen molar-refractivity contribution < 1.29 is 4.79 Å². The SMILES string of the molecule is O=C(Cl)C1C[C@@H]2CCC1C2. The number of carbonyl (C=O) groups excluding carboxylic acids is 1. The Morgan fingerprint density at radius 1 is 1.30 bits per heavy atom. The highest BCUT2D eigenvalue weighted by Crippen LogP contribution is 2.48. The van der Waals surface area contributed by atoms with E-state index in [0.29, 0.717) is 5.92 Å². The lowest BCUT2D eigenvalue weighted by Gasteiger charge is -2.16. The highest BCUT2D eigenvalue weighted by atomic mass is 35.5. The van der Waals surface area contributed by atoms with E-state index in [-0.39, 0.29) is 11.2 Å². The average molecular weight is 159 g/mol. The van der Waals surface area contributed by atoms with Gasteiger partial charge in [-0.3, -0.25) is 4.79 Å². The van der Waals surface area contributed by atoms with Gasteiger partial charge in [0.1, 0.15) is 0 Å². The molecule has 3 atom stereocenters. The molecule has 0 N–H and O–H groups in total. The van der Waals surface area contributed by atoms with E-state index in [1.54, 1.807) is 0 Å². The van der Waals surface area contributed by atoms with Gasteiger partial charge in [0.2, 0.25) is 5.24 Å². The molecule has 2 aliphatic carbocycles. The van der Waals surface area contributed by atoms with E-state index in [1.807, 2.05) is 0 Å². The lowest BCUT2D eigenvalue weighted by molar-refractivity contribution is -0.116. The highest BCUT2D eigenvalue weighted by Gasteiger charge is 2.42. The Balaban J connectivity index is 2.08. The molecule has 10 heavy (non-hydrogen) atoms. The van der Waals surface area contributed by atoms with E-state index in [0.717, 1.165) is 12.3 Å². The monoisotopic (exact) mass is 158 g/mol. The minimum atomic E-state index is -0.0906. The van der Waals surface area contributed by atoms with Gasteiger partial charge in [0.15, 0.2) is 0 Å². The van der Waals surface area contributed by atoms with Gasteiger partial charge in [-0.1, -0.05) is 6.42 Å². The molecule has 0 aliphatic heterocycles. The summed E-state index contributed by atoms with van der Waals surface area (Å²) in [6.45, 7) is 0. The van der Waals surface area contributed by atoms with Gasteiger partial charge in [-0.15, -0.1) is 0 Å². The number of halogens is 1. The Labute approximate surface area is 65.7 Å². The molecule has 0 amide bonds. The second-order valence-electron chi connectivity index (χ2n) is 3.59. The van der Waals surface area contributed by atoms with Crippen LogP contribution in [0.25, 0.3) is 0 Å². The molecular weight excluding hydrogens is 148 g/mol. The number of carbonyl (C=O) groups is 1. The average Bonchev–Trinajstić information content (AvgIpc) is 2.44. The summed E-state index contributed by atoms with van der Waals surface area (Å²) in [4.78, 5) is 10.8. The van der Waals surface area contributed by atoms with Gasteiger partial charge in [0.25, 0.3) is 0 Å². The third kappa shape index (κ3) is 0.878. The first-order valence-electron chi connectivity index (χ1n) is 3.96. The van der Waals surface area contributed by atoms with E-state index in [9.17, 15) is 4.79 Å². The van der Waals surface area contributed by atoms with E-state index in [1.165, 1.54) is 19.3 Å². The van der Waals surface area contributed by atoms with Gasteiger partial charge in [-0.25, -0.2) is 0 Å². The third-order valence-corrected chi connectivity index (χ3v) is 3.31. The zero-order chi connectivity index (χ0) is 7.14. The molecule has 0 saturated heterocycles. The first kappa shape index (κ1) is 6.66. The number of hydrogen-bond acceptors (Lipinski definition) is 1.